The average Bonchev–Trinajstić information content (AvgIpc) is 2.73. The summed E-state index contributed by atoms with van der Waals surface area (Å²) in [6.07, 6.45) is -1.04. The zero-order valence-corrected chi connectivity index (χ0v) is 15.4. The zero-order chi connectivity index (χ0) is 20.1. The number of amides is 1. The Kier molecular flexibility index (Phi) is 5.65. The number of fused-ring (bicyclic) bond motifs is 1. The summed E-state index contributed by atoms with van der Waals surface area (Å²) < 4.78 is 21.5. The van der Waals surface area contributed by atoms with E-state index in [4.69, 9.17) is 24.2 Å². The van der Waals surface area contributed by atoms with Crippen molar-refractivity contribution in [3.8, 4) is 23.3 Å². The maximum Gasteiger partial charge on any atom is 0.339 e. The van der Waals surface area contributed by atoms with Crippen molar-refractivity contribution in [2.75, 3.05) is 25.6 Å². The largest absolute Gasteiger partial charge is 0.493 e. The lowest BCUT2D eigenvalue weighted by atomic mass is 10.1. The quantitative estimate of drug-likeness (QED) is 0.792. The molecule has 3 rings (SSSR count). The van der Waals surface area contributed by atoms with E-state index < -0.39 is 18.0 Å². The van der Waals surface area contributed by atoms with Crippen LogP contribution in [0.2, 0.25) is 0 Å². The number of ether oxygens (including phenoxy) is 4. The Morgan fingerprint density at radius 1 is 1.18 bits per heavy atom. The molecule has 1 amide bonds. The fraction of sp³-hybridized carbons (Fsp3) is 0.250. The summed E-state index contributed by atoms with van der Waals surface area (Å²) in [4.78, 5) is 24.7. The van der Waals surface area contributed by atoms with Gasteiger partial charge >= 0.3 is 5.97 Å². The molecular formula is C20H18N2O6. The van der Waals surface area contributed by atoms with Crippen molar-refractivity contribution in [1.29, 1.82) is 5.26 Å². The summed E-state index contributed by atoms with van der Waals surface area (Å²) in [7, 11) is 1.45. The molecule has 0 saturated carbocycles. The molecule has 1 heterocycles. The SMILES string of the molecule is COc1cc(C(=O)O[C@@H](C)C(=O)Nc2ccc(C#N)cc2)cc2c1OCCO2. The summed E-state index contributed by atoms with van der Waals surface area (Å²) in [5.74, 6) is -0.0386. The number of rotatable bonds is 5. The fourth-order valence-corrected chi connectivity index (χ4v) is 2.55. The summed E-state index contributed by atoms with van der Waals surface area (Å²) in [6, 6.07) is 11.3. The van der Waals surface area contributed by atoms with E-state index in [1.54, 1.807) is 24.3 Å². The number of nitrogens with one attached hydrogen (secondary N) is 1. The van der Waals surface area contributed by atoms with Gasteiger partial charge in [-0.3, -0.25) is 4.79 Å². The molecular weight excluding hydrogens is 364 g/mol. The van der Waals surface area contributed by atoms with Crippen molar-refractivity contribution < 1.29 is 28.5 Å². The number of anilines is 1. The van der Waals surface area contributed by atoms with Crippen LogP contribution in [0.1, 0.15) is 22.8 Å². The van der Waals surface area contributed by atoms with Crippen LogP contribution in [0.4, 0.5) is 5.69 Å². The maximum atomic E-state index is 12.5. The second kappa shape index (κ2) is 8.31. The van der Waals surface area contributed by atoms with Crippen LogP contribution in [0.5, 0.6) is 17.2 Å². The molecule has 8 heteroatoms. The molecule has 0 unspecified atom stereocenters. The molecule has 0 bridgehead atoms. The lowest BCUT2D eigenvalue weighted by molar-refractivity contribution is -0.123. The summed E-state index contributed by atoms with van der Waals surface area (Å²) >= 11 is 0. The molecule has 1 aliphatic heterocycles. The van der Waals surface area contributed by atoms with Gasteiger partial charge in [0, 0.05) is 5.69 Å². The van der Waals surface area contributed by atoms with Crippen molar-refractivity contribution >= 4 is 17.6 Å². The first-order valence-electron chi connectivity index (χ1n) is 8.51. The second-order valence-corrected chi connectivity index (χ2v) is 5.93. The van der Waals surface area contributed by atoms with Gasteiger partial charge in [-0.1, -0.05) is 0 Å². The van der Waals surface area contributed by atoms with Crippen LogP contribution in [0.25, 0.3) is 0 Å². The van der Waals surface area contributed by atoms with E-state index in [2.05, 4.69) is 5.32 Å². The first-order chi connectivity index (χ1) is 13.5. The van der Waals surface area contributed by atoms with E-state index in [0.717, 1.165) is 0 Å². The van der Waals surface area contributed by atoms with Crippen LogP contribution in [-0.4, -0.2) is 38.3 Å². The van der Waals surface area contributed by atoms with Gasteiger partial charge in [-0.05, 0) is 43.3 Å². The van der Waals surface area contributed by atoms with Crippen molar-refractivity contribution in [1.82, 2.24) is 0 Å². The monoisotopic (exact) mass is 382 g/mol. The molecule has 1 N–H and O–H groups in total. The van der Waals surface area contributed by atoms with Crippen molar-refractivity contribution in [3.05, 3.63) is 47.5 Å². The van der Waals surface area contributed by atoms with Crippen LogP contribution in [0.3, 0.4) is 0 Å². The first-order valence-corrected chi connectivity index (χ1v) is 8.51. The van der Waals surface area contributed by atoms with Crippen molar-refractivity contribution in [2.45, 2.75) is 13.0 Å². The molecule has 28 heavy (non-hydrogen) atoms. The predicted molar refractivity (Wildman–Crippen MR) is 98.6 cm³/mol. The highest BCUT2D eigenvalue weighted by Gasteiger charge is 2.24. The Bertz CT molecular complexity index is 916. The Labute approximate surface area is 161 Å². The fourth-order valence-electron chi connectivity index (χ4n) is 2.55. The highest BCUT2D eigenvalue weighted by Crippen LogP contribution is 2.40. The Morgan fingerprint density at radius 2 is 1.89 bits per heavy atom. The molecule has 144 valence electrons. The van der Waals surface area contributed by atoms with Crippen LogP contribution in [0.15, 0.2) is 36.4 Å². The van der Waals surface area contributed by atoms with Gasteiger partial charge in [-0.2, -0.15) is 5.26 Å². The molecule has 0 aliphatic carbocycles. The molecule has 2 aromatic carbocycles. The van der Waals surface area contributed by atoms with Crippen molar-refractivity contribution in [3.63, 3.8) is 0 Å². The van der Waals surface area contributed by atoms with Gasteiger partial charge in [0.25, 0.3) is 5.91 Å². The standard InChI is InChI=1S/C20H18N2O6/c1-12(19(23)22-15-5-3-13(11-21)4-6-15)28-20(24)14-9-16(25-2)18-17(10-14)26-7-8-27-18/h3-6,9-10,12H,7-8H2,1-2H3,(H,22,23)/t12-/m0/s1. The predicted octanol–water partition coefficient (Wildman–Crippen LogP) is 2.52. The minimum absolute atomic E-state index is 0.180. The maximum absolute atomic E-state index is 12.5. The van der Waals surface area contributed by atoms with E-state index in [1.165, 1.54) is 26.2 Å². The molecule has 2 aromatic rings. The molecule has 0 fully saturated rings. The van der Waals surface area contributed by atoms with Gasteiger partial charge in [0.1, 0.15) is 13.2 Å². The lowest BCUT2D eigenvalue weighted by Gasteiger charge is -2.21. The van der Waals surface area contributed by atoms with Gasteiger partial charge in [-0.15, -0.1) is 0 Å². The number of benzene rings is 2. The van der Waals surface area contributed by atoms with Crippen molar-refractivity contribution in [2.24, 2.45) is 0 Å². The van der Waals surface area contributed by atoms with E-state index in [9.17, 15) is 9.59 Å². The zero-order valence-electron chi connectivity index (χ0n) is 15.4. The molecule has 8 nitrogen and oxygen atoms in total. The molecule has 0 aromatic heterocycles. The minimum Gasteiger partial charge on any atom is -0.493 e. The lowest BCUT2D eigenvalue weighted by Crippen LogP contribution is -2.30. The smallest absolute Gasteiger partial charge is 0.339 e. The third kappa shape index (κ3) is 4.15. The number of carbonyl (C=O) groups excluding carboxylic acids is 2. The minimum atomic E-state index is -1.04. The van der Waals surface area contributed by atoms with Crippen LogP contribution in [-0.2, 0) is 9.53 Å². The Hall–Kier alpha value is -3.73. The van der Waals surface area contributed by atoms with Gasteiger partial charge < -0.3 is 24.3 Å². The van der Waals surface area contributed by atoms with Crippen LogP contribution < -0.4 is 19.5 Å². The summed E-state index contributed by atoms with van der Waals surface area (Å²) in [5, 5.41) is 11.4. The first kappa shape index (κ1) is 19.0. The normalized spacial score (nSPS) is 13.0. The highest BCUT2D eigenvalue weighted by molar-refractivity contribution is 5.97. The summed E-state index contributed by atoms with van der Waals surface area (Å²) in [5.41, 5.74) is 1.15. The molecule has 0 spiro atoms. The number of hydrogen-bond acceptors (Lipinski definition) is 7. The number of methoxy groups -OCH3 is 1. The Morgan fingerprint density at radius 3 is 2.57 bits per heavy atom. The van der Waals surface area contributed by atoms with Gasteiger partial charge in [0.05, 0.1) is 24.3 Å². The van der Waals surface area contributed by atoms with Gasteiger partial charge in [0.2, 0.25) is 5.75 Å². The van der Waals surface area contributed by atoms with E-state index in [-0.39, 0.29) is 5.56 Å². The van der Waals surface area contributed by atoms with E-state index in [0.29, 0.717) is 41.7 Å². The molecule has 1 atom stereocenters. The number of nitriles is 1. The van der Waals surface area contributed by atoms with Crippen LogP contribution in [0, 0.1) is 11.3 Å². The van der Waals surface area contributed by atoms with Gasteiger partial charge in [0.15, 0.2) is 17.6 Å². The van der Waals surface area contributed by atoms with Gasteiger partial charge in [-0.25, -0.2) is 4.79 Å². The number of carbonyl (C=O) groups is 2. The molecule has 0 radical (unpaired) electrons. The Balaban J connectivity index is 1.68. The van der Waals surface area contributed by atoms with Crippen LogP contribution >= 0.6 is 0 Å². The molecule has 1 aliphatic rings. The number of hydrogen-bond donors (Lipinski definition) is 1. The second-order valence-electron chi connectivity index (χ2n) is 5.93. The third-order valence-corrected chi connectivity index (χ3v) is 4.00. The third-order valence-electron chi connectivity index (χ3n) is 4.00. The number of esters is 1. The van der Waals surface area contributed by atoms with E-state index >= 15 is 0 Å². The highest BCUT2D eigenvalue weighted by atomic mass is 16.6. The molecule has 0 saturated heterocycles. The average molecular weight is 382 g/mol. The van der Waals surface area contributed by atoms with E-state index in [1.807, 2.05) is 6.07 Å². The number of nitrogens with zero attached hydrogens (tertiary/aromatic N) is 1. The summed E-state index contributed by atoms with van der Waals surface area (Å²) in [6.45, 7) is 2.21. The topological polar surface area (TPSA) is 107 Å².